The van der Waals surface area contributed by atoms with E-state index in [1.807, 2.05) is 0 Å². The van der Waals surface area contributed by atoms with E-state index in [1.54, 1.807) is 12.5 Å². The van der Waals surface area contributed by atoms with E-state index in [9.17, 15) is 9.90 Å². The van der Waals surface area contributed by atoms with E-state index in [1.165, 1.54) is 44.9 Å². The first-order valence-electron chi connectivity index (χ1n) is 14.7. The highest BCUT2D eigenvalue weighted by molar-refractivity contribution is 5.66. The highest BCUT2D eigenvalue weighted by atomic mass is 16.5. The van der Waals surface area contributed by atoms with Gasteiger partial charge in [-0.15, -0.1) is 0 Å². The van der Waals surface area contributed by atoms with E-state index in [0.717, 1.165) is 12.8 Å². The van der Waals surface area contributed by atoms with Crippen LogP contribution in [0.3, 0.4) is 0 Å². The van der Waals surface area contributed by atoms with Gasteiger partial charge >= 0.3 is 5.97 Å². The molecule has 4 fully saturated rings. The maximum Gasteiger partial charge on any atom is 0.302 e. The summed E-state index contributed by atoms with van der Waals surface area (Å²) in [6.07, 6.45) is 13.2. The Hall–Kier alpha value is -0.830. The van der Waals surface area contributed by atoms with Crippen molar-refractivity contribution in [3.8, 4) is 0 Å². The predicted octanol–water partition coefficient (Wildman–Crippen LogP) is 7.57. The molecule has 10 atom stereocenters. The Bertz CT molecular complexity index is 904. The van der Waals surface area contributed by atoms with Gasteiger partial charge in [-0.25, -0.2) is 0 Å². The monoisotopic (exact) mass is 484 g/mol. The van der Waals surface area contributed by atoms with Crippen molar-refractivity contribution in [2.75, 3.05) is 6.61 Å². The number of carbonyl (C=O) groups is 1. The van der Waals surface area contributed by atoms with Gasteiger partial charge in [-0.2, -0.15) is 0 Å². The molecule has 3 nitrogen and oxygen atoms in total. The van der Waals surface area contributed by atoms with Crippen molar-refractivity contribution in [3.63, 3.8) is 0 Å². The Labute approximate surface area is 214 Å². The number of aliphatic hydroxyl groups is 1. The average Bonchev–Trinajstić information content (AvgIpc) is 2.78. The van der Waals surface area contributed by atoms with Gasteiger partial charge in [-0.3, -0.25) is 4.79 Å². The van der Waals surface area contributed by atoms with E-state index in [0.29, 0.717) is 41.6 Å². The normalized spacial score (nSPS) is 52.8. The predicted molar refractivity (Wildman–Crippen MR) is 142 cm³/mol. The molecule has 5 rings (SSSR count). The minimum Gasteiger partial charge on any atom is -0.465 e. The molecule has 4 saturated carbocycles. The van der Waals surface area contributed by atoms with Gasteiger partial charge in [0.1, 0.15) is 0 Å². The summed E-state index contributed by atoms with van der Waals surface area (Å²) in [5, 5.41) is 10.9. The minimum absolute atomic E-state index is 0.00170. The zero-order valence-electron chi connectivity index (χ0n) is 23.9. The number of aliphatic hydroxyl groups excluding tert-OH is 1. The van der Waals surface area contributed by atoms with Gasteiger partial charge in [0.15, 0.2) is 0 Å². The van der Waals surface area contributed by atoms with Crippen LogP contribution in [0, 0.1) is 56.7 Å². The second-order valence-electron chi connectivity index (χ2n) is 15.2. The average molecular weight is 485 g/mol. The summed E-state index contributed by atoms with van der Waals surface area (Å²) < 4.78 is 5.80. The van der Waals surface area contributed by atoms with E-state index in [4.69, 9.17) is 4.74 Å². The fraction of sp³-hybridized carbons (Fsp3) is 0.906. The zero-order chi connectivity index (χ0) is 25.6. The van der Waals surface area contributed by atoms with Crippen molar-refractivity contribution in [2.24, 2.45) is 56.7 Å². The lowest BCUT2D eigenvalue weighted by Gasteiger charge is -2.71. The van der Waals surface area contributed by atoms with E-state index in [-0.39, 0.29) is 33.7 Å². The van der Waals surface area contributed by atoms with Crippen LogP contribution in [0.25, 0.3) is 0 Å². The second-order valence-corrected chi connectivity index (χ2v) is 15.2. The van der Waals surface area contributed by atoms with Crippen LogP contribution >= 0.6 is 0 Å². The highest BCUT2D eigenvalue weighted by Crippen LogP contribution is 2.75. The Morgan fingerprint density at radius 3 is 2.37 bits per heavy atom. The highest BCUT2D eigenvalue weighted by Gasteiger charge is 2.68. The lowest BCUT2D eigenvalue weighted by Crippen LogP contribution is -2.65. The summed E-state index contributed by atoms with van der Waals surface area (Å²) in [6.45, 7) is 19.6. The molecule has 5 aliphatic carbocycles. The molecular weight excluding hydrogens is 432 g/mol. The van der Waals surface area contributed by atoms with Gasteiger partial charge < -0.3 is 9.84 Å². The summed E-state index contributed by atoms with van der Waals surface area (Å²) in [4.78, 5) is 11.9. The molecule has 5 aliphatic rings. The van der Waals surface area contributed by atoms with E-state index < -0.39 is 0 Å². The molecule has 0 saturated heterocycles. The first kappa shape index (κ1) is 25.8. The molecule has 3 heteroatoms. The summed E-state index contributed by atoms with van der Waals surface area (Å²) in [7, 11) is 0. The molecule has 0 bridgehead atoms. The quantitative estimate of drug-likeness (QED) is 0.325. The Balaban J connectivity index is 1.57. The zero-order valence-corrected chi connectivity index (χ0v) is 23.9. The molecule has 0 heterocycles. The number of esters is 1. The third-order valence-electron chi connectivity index (χ3n) is 13.7. The molecule has 0 radical (unpaired) electrons. The van der Waals surface area contributed by atoms with Crippen molar-refractivity contribution in [1.82, 2.24) is 0 Å². The number of hydrogen-bond donors (Lipinski definition) is 1. The lowest BCUT2D eigenvalue weighted by molar-refractivity contribution is -0.206. The van der Waals surface area contributed by atoms with Gasteiger partial charge in [0.05, 0.1) is 12.7 Å². The third kappa shape index (κ3) is 3.34. The van der Waals surface area contributed by atoms with Gasteiger partial charge in [-0.05, 0) is 109 Å². The number of ether oxygens (including phenoxy) is 1. The summed E-state index contributed by atoms with van der Waals surface area (Å²) >= 11 is 0. The van der Waals surface area contributed by atoms with E-state index >= 15 is 0 Å². The van der Waals surface area contributed by atoms with Gasteiger partial charge in [0.2, 0.25) is 0 Å². The minimum atomic E-state index is -0.170. The molecule has 0 aromatic carbocycles. The summed E-state index contributed by atoms with van der Waals surface area (Å²) in [5.41, 5.74) is 2.63. The second kappa shape index (κ2) is 8.08. The molecule has 0 unspecified atom stereocenters. The number of allylic oxidation sites excluding steroid dienone is 2. The number of carbonyl (C=O) groups excluding carboxylic acids is 1. The number of rotatable bonds is 2. The molecular formula is C32H52O3. The van der Waals surface area contributed by atoms with Gasteiger partial charge in [0.25, 0.3) is 0 Å². The largest absolute Gasteiger partial charge is 0.465 e. The number of fused-ring (bicyclic) bond motifs is 7. The van der Waals surface area contributed by atoms with Crippen LogP contribution in [0.4, 0.5) is 0 Å². The Kier molecular flexibility index (Phi) is 5.96. The maximum absolute atomic E-state index is 11.9. The summed E-state index contributed by atoms with van der Waals surface area (Å²) in [6, 6.07) is 0. The van der Waals surface area contributed by atoms with Crippen LogP contribution < -0.4 is 0 Å². The van der Waals surface area contributed by atoms with Crippen LogP contribution in [0.5, 0.6) is 0 Å². The lowest BCUT2D eigenvalue weighted by atomic mass is 9.33. The van der Waals surface area contributed by atoms with Crippen LogP contribution in [-0.2, 0) is 9.53 Å². The fourth-order valence-corrected chi connectivity index (χ4v) is 11.1. The van der Waals surface area contributed by atoms with Crippen molar-refractivity contribution in [2.45, 2.75) is 119 Å². The SMILES string of the molecule is CC(=O)OC[C@]12CC[C@@H](C)[C@H](C)[C@H]1C1=CC[C@@H]3[C@@]4(C)CC[C@H](O)C(C)(C)[C@@H]4CC[C@@]3(C)[C@]1(C)CC2. The molecule has 0 aromatic heterocycles. The number of hydrogen-bond acceptors (Lipinski definition) is 3. The molecule has 198 valence electrons. The Morgan fingerprint density at radius 1 is 0.971 bits per heavy atom. The van der Waals surface area contributed by atoms with Gasteiger partial charge in [0, 0.05) is 12.3 Å². The molecule has 35 heavy (non-hydrogen) atoms. The Morgan fingerprint density at radius 2 is 1.69 bits per heavy atom. The topological polar surface area (TPSA) is 46.5 Å². The van der Waals surface area contributed by atoms with Crippen molar-refractivity contribution in [1.29, 1.82) is 0 Å². The van der Waals surface area contributed by atoms with Crippen LogP contribution in [0.15, 0.2) is 11.6 Å². The molecule has 0 amide bonds. The first-order chi connectivity index (χ1) is 16.2. The van der Waals surface area contributed by atoms with E-state index in [2.05, 4.69) is 54.5 Å². The smallest absolute Gasteiger partial charge is 0.302 e. The standard InChI is InChI=1S/C32H52O3/c1-20-11-16-32(19-35-22(3)33)18-17-30(7)23(27(32)21(20)2)9-10-25-29(6)14-13-26(34)28(4,5)24(29)12-15-31(25,30)8/h9,20-21,24-27,34H,10-19H2,1-8H3/t20-,21+,24+,25-,26+,27+,29+,30-,31-,32-/m1/s1. The summed E-state index contributed by atoms with van der Waals surface area (Å²) in [5.74, 6) is 3.00. The molecule has 0 aliphatic heterocycles. The van der Waals surface area contributed by atoms with Crippen LogP contribution in [0.1, 0.15) is 113 Å². The maximum atomic E-state index is 11.9. The van der Waals surface area contributed by atoms with Gasteiger partial charge in [-0.1, -0.05) is 60.1 Å². The van der Waals surface area contributed by atoms with Crippen molar-refractivity contribution >= 4 is 5.97 Å². The molecule has 1 N–H and O–H groups in total. The fourth-order valence-electron chi connectivity index (χ4n) is 11.1. The van der Waals surface area contributed by atoms with Crippen LogP contribution in [-0.4, -0.2) is 23.8 Å². The molecule has 0 aromatic rings. The van der Waals surface area contributed by atoms with Crippen molar-refractivity contribution in [3.05, 3.63) is 11.6 Å². The third-order valence-corrected chi connectivity index (χ3v) is 13.7. The van der Waals surface area contributed by atoms with Crippen molar-refractivity contribution < 1.29 is 14.6 Å². The van der Waals surface area contributed by atoms with Crippen LogP contribution in [0.2, 0.25) is 0 Å². The first-order valence-corrected chi connectivity index (χ1v) is 14.7. The molecule has 0 spiro atoms.